The summed E-state index contributed by atoms with van der Waals surface area (Å²) in [5.41, 5.74) is 0. The zero-order valence-electron chi connectivity index (χ0n) is 5.61. The fraction of sp³-hybridized carbons (Fsp3) is 0. The van der Waals surface area contributed by atoms with E-state index in [0.717, 1.165) is 0 Å². The monoisotopic (exact) mass is 218 g/mol. The van der Waals surface area contributed by atoms with Gasteiger partial charge in [-0.05, 0) is 0 Å². The zero-order valence-corrected chi connectivity index (χ0v) is 10.7. The van der Waals surface area contributed by atoms with E-state index in [1.54, 1.807) is 0 Å². The van der Waals surface area contributed by atoms with Crippen molar-refractivity contribution in [2.75, 3.05) is 0 Å². The molecule has 0 heterocycles. The standard InChI is InChI=1S/2Al.2Mg.2H2O.5O/h;;;;2*1H2;;;;;/q2*+3;2*+2;;;5*-2. The van der Waals surface area contributed by atoms with E-state index in [9.17, 15) is 0 Å². The van der Waals surface area contributed by atoms with Gasteiger partial charge in [-0.1, -0.05) is 0 Å². The molecule has 0 radical (unpaired) electrons. The molecule has 0 bridgehead atoms. The van der Waals surface area contributed by atoms with Crippen LogP contribution in [0.3, 0.4) is 0 Å². The van der Waals surface area contributed by atoms with Crippen LogP contribution in [0, 0.1) is 0 Å². The summed E-state index contributed by atoms with van der Waals surface area (Å²) in [6, 6.07) is 0. The van der Waals surface area contributed by atoms with E-state index in [4.69, 9.17) is 0 Å². The normalized spacial score (nSPS) is 0. The summed E-state index contributed by atoms with van der Waals surface area (Å²) in [4.78, 5) is 0. The van der Waals surface area contributed by atoms with Crippen molar-refractivity contribution in [3.05, 3.63) is 0 Å². The number of hydrogen-bond acceptors (Lipinski definition) is 0. The molecule has 0 saturated carbocycles. The molecular formula is H4Al2Mg2O7. The average molecular weight is 219 g/mol. The minimum Gasteiger partial charge on any atom is -2.00 e. The first kappa shape index (κ1) is 376. The minimum absolute atomic E-state index is 0. The molecule has 0 aliphatic heterocycles. The fourth-order valence-electron chi connectivity index (χ4n) is 0. The van der Waals surface area contributed by atoms with Gasteiger partial charge in [-0.15, -0.1) is 0 Å². The Hall–Kier alpha value is 2.32. The summed E-state index contributed by atoms with van der Waals surface area (Å²) in [7, 11) is 0. The Labute approximate surface area is 118 Å². The summed E-state index contributed by atoms with van der Waals surface area (Å²) in [5.74, 6) is 0. The third-order valence-electron chi connectivity index (χ3n) is 0. The average Bonchev–Trinajstić information content (AvgIpc) is 0. The Bertz CT molecular complexity index is 14.4. The maximum Gasteiger partial charge on any atom is 3.00 e. The van der Waals surface area contributed by atoms with Gasteiger partial charge in [0.1, 0.15) is 0 Å². The zero-order chi connectivity index (χ0) is 0. The molecule has 0 atom stereocenters. The van der Waals surface area contributed by atoms with Crippen LogP contribution in [0.4, 0.5) is 0 Å². The van der Waals surface area contributed by atoms with Crippen LogP contribution in [0.1, 0.15) is 0 Å². The molecule has 0 aromatic rings. The maximum atomic E-state index is 0. The van der Waals surface area contributed by atoms with Crippen LogP contribution in [0.5, 0.6) is 0 Å². The van der Waals surface area contributed by atoms with Crippen LogP contribution in [-0.4, -0.2) is 91.8 Å². The van der Waals surface area contributed by atoms with Gasteiger partial charge in [0.15, 0.2) is 0 Å². The smallest absolute Gasteiger partial charge is 2.00 e. The Balaban J connectivity index is 0. The summed E-state index contributed by atoms with van der Waals surface area (Å²) >= 11 is 0. The van der Waals surface area contributed by atoms with Gasteiger partial charge < -0.3 is 38.3 Å². The molecule has 11 heteroatoms. The first-order valence-corrected chi connectivity index (χ1v) is 0. The van der Waals surface area contributed by atoms with E-state index < -0.39 is 0 Å². The molecule has 11 heavy (non-hydrogen) atoms. The summed E-state index contributed by atoms with van der Waals surface area (Å²) in [5, 5.41) is 0. The molecule has 56 valence electrons. The van der Waals surface area contributed by atoms with Crippen LogP contribution >= 0.6 is 0 Å². The predicted octanol–water partition coefficient (Wildman–Crippen LogP) is -3.77. The molecule has 0 rings (SSSR count). The second-order valence-electron chi connectivity index (χ2n) is 0. The Kier molecular flexibility index (Phi) is 10000. The SMILES string of the molecule is O.O.[Al+3].[Al+3].[Mg+2].[Mg+2].[O-2].[O-2].[O-2].[O-2].[O-2]. The van der Waals surface area contributed by atoms with Gasteiger partial charge in [-0.25, -0.2) is 0 Å². The van der Waals surface area contributed by atoms with Crippen LogP contribution in [0.15, 0.2) is 0 Å². The molecule has 0 saturated heterocycles. The number of hydrogen-bond donors (Lipinski definition) is 0. The quantitative estimate of drug-likeness (QED) is 0.359. The van der Waals surface area contributed by atoms with Crippen molar-refractivity contribution in [2.24, 2.45) is 0 Å². The second-order valence-corrected chi connectivity index (χ2v) is 0. The molecule has 0 amide bonds. The predicted molar refractivity (Wildman–Crippen MR) is 33.7 cm³/mol. The topological polar surface area (TPSA) is 206 Å². The summed E-state index contributed by atoms with van der Waals surface area (Å²) in [6.07, 6.45) is 0. The van der Waals surface area contributed by atoms with Crippen molar-refractivity contribution in [3.63, 3.8) is 0 Å². The molecule has 0 aromatic heterocycles. The molecule has 0 unspecified atom stereocenters. The Morgan fingerprint density at radius 2 is 0.364 bits per heavy atom. The summed E-state index contributed by atoms with van der Waals surface area (Å²) < 4.78 is 0. The van der Waals surface area contributed by atoms with E-state index in [1.165, 1.54) is 0 Å². The van der Waals surface area contributed by atoms with Crippen molar-refractivity contribution in [3.8, 4) is 0 Å². The van der Waals surface area contributed by atoms with Crippen LogP contribution in [0.25, 0.3) is 0 Å². The molecular weight excluding hydrogens is 215 g/mol. The summed E-state index contributed by atoms with van der Waals surface area (Å²) in [6.45, 7) is 0. The van der Waals surface area contributed by atoms with E-state index in [1.807, 2.05) is 0 Å². The molecule has 0 aliphatic rings. The van der Waals surface area contributed by atoms with Crippen molar-refractivity contribution in [1.82, 2.24) is 0 Å². The largest absolute Gasteiger partial charge is 3.00 e. The van der Waals surface area contributed by atoms with E-state index in [2.05, 4.69) is 0 Å². The van der Waals surface area contributed by atoms with Crippen molar-refractivity contribution in [2.45, 2.75) is 0 Å². The number of rotatable bonds is 0. The first-order chi connectivity index (χ1) is 0. The minimum atomic E-state index is 0. The molecule has 0 aromatic carbocycles. The molecule has 0 aliphatic carbocycles. The van der Waals surface area contributed by atoms with Crippen LogP contribution < -0.4 is 0 Å². The van der Waals surface area contributed by atoms with E-state index in [-0.39, 0.29) is 119 Å². The van der Waals surface area contributed by atoms with Crippen LogP contribution in [-0.2, 0) is 27.4 Å². The Morgan fingerprint density at radius 3 is 0.364 bits per heavy atom. The van der Waals surface area contributed by atoms with Crippen molar-refractivity contribution in [1.29, 1.82) is 0 Å². The van der Waals surface area contributed by atoms with E-state index in [0.29, 0.717) is 0 Å². The third kappa shape index (κ3) is 244. The van der Waals surface area contributed by atoms with Gasteiger partial charge in [-0.2, -0.15) is 0 Å². The van der Waals surface area contributed by atoms with Crippen molar-refractivity contribution >= 4 is 80.8 Å². The Morgan fingerprint density at radius 1 is 0.364 bits per heavy atom. The van der Waals surface area contributed by atoms with Gasteiger partial charge in [0, 0.05) is 0 Å². The van der Waals surface area contributed by atoms with Gasteiger partial charge >= 0.3 is 80.8 Å². The molecule has 0 fully saturated rings. The maximum absolute atomic E-state index is 0. The third-order valence-corrected chi connectivity index (χ3v) is 0. The van der Waals surface area contributed by atoms with E-state index >= 15 is 0 Å². The molecule has 7 nitrogen and oxygen atoms in total. The van der Waals surface area contributed by atoms with Gasteiger partial charge in [0.2, 0.25) is 0 Å². The first-order valence-electron chi connectivity index (χ1n) is 0. The fourth-order valence-corrected chi connectivity index (χ4v) is 0. The molecule has 4 N–H and O–H groups in total. The van der Waals surface area contributed by atoms with Gasteiger partial charge in [-0.3, -0.25) is 0 Å². The molecule has 0 spiro atoms. The second kappa shape index (κ2) is 294. The van der Waals surface area contributed by atoms with Gasteiger partial charge in [0.05, 0.1) is 0 Å². The van der Waals surface area contributed by atoms with Crippen LogP contribution in [0.2, 0.25) is 0 Å². The van der Waals surface area contributed by atoms with Crippen molar-refractivity contribution < 1.29 is 38.3 Å². The van der Waals surface area contributed by atoms with Gasteiger partial charge in [0.25, 0.3) is 0 Å².